The molecule has 4 aromatic rings. The number of hydrogen-bond donors (Lipinski definition) is 0. The predicted molar refractivity (Wildman–Crippen MR) is 139 cm³/mol. The first-order valence-corrected chi connectivity index (χ1v) is 13.1. The molecule has 0 aliphatic rings. The number of halogens is 2. The van der Waals surface area contributed by atoms with E-state index < -0.39 is 10.0 Å². The third-order valence-corrected chi connectivity index (χ3v) is 7.70. The van der Waals surface area contributed by atoms with E-state index in [2.05, 4.69) is 20.9 Å². The Balaban J connectivity index is 1.58. The zero-order chi connectivity index (χ0) is 24.1. The Morgan fingerprint density at radius 3 is 2.26 bits per heavy atom. The highest BCUT2D eigenvalue weighted by molar-refractivity contribution is 9.10. The lowest BCUT2D eigenvalue weighted by Gasteiger charge is -2.21. The molecule has 0 atom stereocenters. The second-order valence-corrected chi connectivity index (χ2v) is 11.0. The van der Waals surface area contributed by atoms with E-state index in [0.29, 0.717) is 16.5 Å². The van der Waals surface area contributed by atoms with Gasteiger partial charge in [-0.05, 0) is 73.2 Å². The van der Waals surface area contributed by atoms with Crippen LogP contribution in [0, 0.1) is 6.92 Å². The monoisotopic (exact) mass is 556 g/mol. The van der Waals surface area contributed by atoms with Crippen LogP contribution < -0.4 is 0 Å². The molecular formula is C26H22BrClN2O3S. The summed E-state index contributed by atoms with van der Waals surface area (Å²) in [5, 5.41) is 0.595. The number of rotatable bonds is 8. The van der Waals surface area contributed by atoms with Crippen LogP contribution in [0.4, 0.5) is 5.69 Å². The zero-order valence-electron chi connectivity index (χ0n) is 18.4. The van der Waals surface area contributed by atoms with Crippen molar-refractivity contribution in [2.24, 2.45) is 4.99 Å². The van der Waals surface area contributed by atoms with Crippen LogP contribution in [0.3, 0.4) is 0 Å². The SMILES string of the molecule is Cc1ccc(S(=O)(=O)N(Cc2ccc(Cl)cc2)Cc2ccc(C=Nc3ccc(Br)cc3)o2)cc1. The van der Waals surface area contributed by atoms with Crippen molar-refractivity contribution in [1.82, 2.24) is 4.31 Å². The van der Waals surface area contributed by atoms with Gasteiger partial charge in [0.2, 0.25) is 10.0 Å². The van der Waals surface area contributed by atoms with Gasteiger partial charge in [-0.25, -0.2) is 8.42 Å². The maximum absolute atomic E-state index is 13.5. The number of sulfonamides is 1. The lowest BCUT2D eigenvalue weighted by molar-refractivity contribution is 0.357. The Labute approximate surface area is 212 Å². The summed E-state index contributed by atoms with van der Waals surface area (Å²) in [4.78, 5) is 4.64. The van der Waals surface area contributed by atoms with Crippen LogP contribution in [0.25, 0.3) is 0 Å². The van der Waals surface area contributed by atoms with Crippen molar-refractivity contribution in [3.8, 4) is 0 Å². The van der Waals surface area contributed by atoms with Gasteiger partial charge in [-0.1, -0.05) is 57.4 Å². The number of aryl methyl sites for hydroxylation is 1. The first-order chi connectivity index (χ1) is 16.3. The average Bonchev–Trinajstić information content (AvgIpc) is 3.27. The summed E-state index contributed by atoms with van der Waals surface area (Å²) in [6, 6.07) is 25.1. The second-order valence-electron chi connectivity index (χ2n) is 7.75. The molecule has 1 aromatic heterocycles. The molecule has 0 aliphatic heterocycles. The van der Waals surface area contributed by atoms with Crippen LogP contribution in [-0.4, -0.2) is 18.9 Å². The van der Waals surface area contributed by atoms with Gasteiger partial charge in [0.1, 0.15) is 11.5 Å². The van der Waals surface area contributed by atoms with Crippen LogP contribution in [0.5, 0.6) is 0 Å². The van der Waals surface area contributed by atoms with Crippen molar-refractivity contribution in [3.63, 3.8) is 0 Å². The average molecular weight is 558 g/mol. The summed E-state index contributed by atoms with van der Waals surface area (Å²) in [6.07, 6.45) is 1.62. The molecule has 0 spiro atoms. The topological polar surface area (TPSA) is 62.9 Å². The Morgan fingerprint density at radius 2 is 1.59 bits per heavy atom. The highest BCUT2D eigenvalue weighted by Gasteiger charge is 2.26. The fraction of sp³-hybridized carbons (Fsp3) is 0.115. The van der Waals surface area contributed by atoms with Gasteiger partial charge in [-0.15, -0.1) is 0 Å². The summed E-state index contributed by atoms with van der Waals surface area (Å²) in [7, 11) is -3.77. The lowest BCUT2D eigenvalue weighted by atomic mass is 10.2. The molecule has 4 rings (SSSR count). The zero-order valence-corrected chi connectivity index (χ0v) is 21.5. The molecule has 0 N–H and O–H groups in total. The van der Waals surface area contributed by atoms with E-state index in [-0.39, 0.29) is 18.0 Å². The fourth-order valence-corrected chi connectivity index (χ4v) is 5.05. The van der Waals surface area contributed by atoms with E-state index in [4.69, 9.17) is 16.0 Å². The molecule has 0 saturated heterocycles. The third kappa shape index (κ3) is 6.24. The lowest BCUT2D eigenvalue weighted by Crippen LogP contribution is -2.30. The minimum atomic E-state index is -3.77. The highest BCUT2D eigenvalue weighted by Crippen LogP contribution is 2.23. The number of hydrogen-bond acceptors (Lipinski definition) is 4. The molecule has 0 saturated carbocycles. The molecule has 0 amide bonds. The summed E-state index contributed by atoms with van der Waals surface area (Å²) < 4.78 is 35.2. The van der Waals surface area contributed by atoms with Gasteiger partial charge in [0.05, 0.1) is 23.3 Å². The number of aliphatic imine (C=N–C) groups is 1. The van der Waals surface area contributed by atoms with Gasteiger partial charge in [0.15, 0.2) is 0 Å². The largest absolute Gasteiger partial charge is 0.459 e. The van der Waals surface area contributed by atoms with Crippen molar-refractivity contribution in [2.75, 3.05) is 0 Å². The smallest absolute Gasteiger partial charge is 0.243 e. The predicted octanol–water partition coefficient (Wildman–Crippen LogP) is 7.15. The number of benzene rings is 3. The van der Waals surface area contributed by atoms with Gasteiger partial charge in [0.25, 0.3) is 0 Å². The van der Waals surface area contributed by atoms with Crippen molar-refractivity contribution < 1.29 is 12.8 Å². The summed E-state index contributed by atoms with van der Waals surface area (Å²) in [5.74, 6) is 1.05. The van der Waals surface area contributed by atoms with Crippen molar-refractivity contribution in [2.45, 2.75) is 24.9 Å². The quantitative estimate of drug-likeness (QED) is 0.216. The van der Waals surface area contributed by atoms with E-state index in [9.17, 15) is 8.42 Å². The van der Waals surface area contributed by atoms with Crippen LogP contribution >= 0.6 is 27.5 Å². The van der Waals surface area contributed by atoms with E-state index in [1.165, 1.54) is 4.31 Å². The molecule has 8 heteroatoms. The third-order valence-electron chi connectivity index (χ3n) is 5.11. The molecular weight excluding hydrogens is 536 g/mol. The Kier molecular flexibility index (Phi) is 7.68. The normalized spacial score (nSPS) is 12.0. The van der Waals surface area contributed by atoms with E-state index in [1.54, 1.807) is 54.7 Å². The number of nitrogens with zero attached hydrogens (tertiary/aromatic N) is 2. The fourth-order valence-electron chi connectivity index (χ4n) is 3.27. The highest BCUT2D eigenvalue weighted by atomic mass is 79.9. The summed E-state index contributed by atoms with van der Waals surface area (Å²) in [6.45, 7) is 2.17. The van der Waals surface area contributed by atoms with Crippen LogP contribution in [0.1, 0.15) is 22.6 Å². The maximum Gasteiger partial charge on any atom is 0.243 e. The Hall–Kier alpha value is -2.71. The maximum atomic E-state index is 13.5. The molecule has 34 heavy (non-hydrogen) atoms. The minimum Gasteiger partial charge on any atom is -0.459 e. The van der Waals surface area contributed by atoms with E-state index >= 15 is 0 Å². The second kappa shape index (κ2) is 10.7. The first-order valence-electron chi connectivity index (χ1n) is 10.5. The van der Waals surface area contributed by atoms with Crippen LogP contribution in [-0.2, 0) is 23.1 Å². The molecule has 174 valence electrons. The van der Waals surface area contributed by atoms with Gasteiger partial charge >= 0.3 is 0 Å². The molecule has 0 radical (unpaired) electrons. The van der Waals surface area contributed by atoms with Gasteiger partial charge in [0, 0.05) is 16.0 Å². The molecule has 0 bridgehead atoms. The van der Waals surface area contributed by atoms with Gasteiger partial charge < -0.3 is 4.42 Å². The molecule has 3 aromatic carbocycles. The van der Waals surface area contributed by atoms with E-state index in [1.807, 2.05) is 43.3 Å². The van der Waals surface area contributed by atoms with Crippen molar-refractivity contribution in [1.29, 1.82) is 0 Å². The Morgan fingerprint density at radius 1 is 0.912 bits per heavy atom. The summed E-state index contributed by atoms with van der Waals surface area (Å²) in [5.41, 5.74) is 2.60. The van der Waals surface area contributed by atoms with Gasteiger partial charge in [-0.2, -0.15) is 4.31 Å². The van der Waals surface area contributed by atoms with Crippen LogP contribution in [0.15, 0.2) is 104 Å². The minimum absolute atomic E-state index is 0.0744. The molecule has 0 fully saturated rings. The van der Waals surface area contributed by atoms with E-state index in [0.717, 1.165) is 21.3 Å². The standard InChI is InChI=1S/C26H22BrClN2O3S/c1-19-2-14-26(15-3-19)34(31,32)30(17-20-4-8-22(28)9-5-20)18-25-13-12-24(33-25)16-29-23-10-6-21(27)7-11-23/h2-16H,17-18H2,1H3. The van der Waals surface area contributed by atoms with Crippen molar-refractivity contribution in [3.05, 3.63) is 117 Å². The first kappa shape index (κ1) is 24.4. The molecule has 1 heterocycles. The summed E-state index contributed by atoms with van der Waals surface area (Å²) >= 11 is 9.40. The number of furan rings is 1. The molecule has 0 unspecified atom stereocenters. The van der Waals surface area contributed by atoms with Crippen molar-refractivity contribution >= 4 is 49.5 Å². The molecule has 0 aliphatic carbocycles. The van der Waals surface area contributed by atoms with Crippen LogP contribution in [0.2, 0.25) is 5.02 Å². The molecule has 5 nitrogen and oxygen atoms in total. The van der Waals surface area contributed by atoms with Gasteiger partial charge in [-0.3, -0.25) is 4.99 Å². The Bertz CT molecular complexity index is 1380.